The van der Waals surface area contributed by atoms with Crippen molar-refractivity contribution in [2.24, 2.45) is 0 Å². The van der Waals surface area contributed by atoms with Gasteiger partial charge in [-0.05, 0) is 71.6 Å². The van der Waals surface area contributed by atoms with Gasteiger partial charge < -0.3 is 19.4 Å². The molecule has 0 aliphatic carbocycles. The van der Waals surface area contributed by atoms with Crippen LogP contribution in [0.2, 0.25) is 0 Å². The molecule has 1 aliphatic rings. The van der Waals surface area contributed by atoms with E-state index < -0.39 is 11.7 Å². The number of carbonyl (C=O) groups excluding carboxylic acids is 1. The van der Waals surface area contributed by atoms with Gasteiger partial charge in [0.1, 0.15) is 17.3 Å². The van der Waals surface area contributed by atoms with Crippen molar-refractivity contribution in [1.82, 2.24) is 19.7 Å². The summed E-state index contributed by atoms with van der Waals surface area (Å²) in [6, 6.07) is 5.61. The average molecular weight is 465 g/mol. The molecule has 1 aromatic carbocycles. The molecule has 4 rings (SSSR count). The molecule has 1 saturated heterocycles. The Bertz CT molecular complexity index is 1320. The largest absolute Gasteiger partial charge is 0.444 e. The molecule has 0 radical (unpaired) electrons. The maximum Gasteiger partial charge on any atom is 0.407 e. The van der Waals surface area contributed by atoms with E-state index in [1.165, 1.54) is 0 Å². The number of pyridine rings is 1. The number of rotatable bonds is 5. The quantitative estimate of drug-likeness (QED) is 0.450. The van der Waals surface area contributed by atoms with E-state index >= 15 is 0 Å². The normalized spacial score (nSPS) is 16.5. The van der Waals surface area contributed by atoms with Crippen molar-refractivity contribution in [3.8, 4) is 12.3 Å². The summed E-state index contributed by atoms with van der Waals surface area (Å²) >= 11 is 0. The van der Waals surface area contributed by atoms with Gasteiger partial charge in [0.15, 0.2) is 0 Å². The van der Waals surface area contributed by atoms with Crippen molar-refractivity contribution in [3.63, 3.8) is 0 Å². The van der Waals surface area contributed by atoms with E-state index in [0.717, 1.165) is 41.4 Å². The molecule has 180 valence electrons. The molecule has 1 N–H and O–H groups in total. The van der Waals surface area contributed by atoms with E-state index in [4.69, 9.17) is 21.0 Å². The van der Waals surface area contributed by atoms with Crippen LogP contribution in [0.1, 0.15) is 63.9 Å². The number of hydrogen-bond acceptors (Lipinski definition) is 5. The van der Waals surface area contributed by atoms with E-state index in [2.05, 4.69) is 11.2 Å². The Morgan fingerprint density at radius 1 is 1.35 bits per heavy atom. The van der Waals surface area contributed by atoms with Crippen molar-refractivity contribution in [3.05, 3.63) is 39.8 Å². The van der Waals surface area contributed by atoms with Crippen LogP contribution in [0, 0.1) is 19.3 Å². The number of aromatic nitrogens is 3. The summed E-state index contributed by atoms with van der Waals surface area (Å²) in [7, 11) is 0. The van der Waals surface area contributed by atoms with Gasteiger partial charge in [-0.15, -0.1) is 6.42 Å². The third kappa shape index (κ3) is 4.80. The van der Waals surface area contributed by atoms with Crippen LogP contribution in [-0.2, 0) is 16.0 Å². The molecule has 2 aromatic heterocycles. The van der Waals surface area contributed by atoms with Crippen LogP contribution in [-0.4, -0.2) is 39.2 Å². The molecule has 0 saturated carbocycles. The van der Waals surface area contributed by atoms with Gasteiger partial charge in [-0.3, -0.25) is 4.79 Å². The number of nitrogens with zero attached hydrogens (tertiary/aromatic N) is 3. The highest BCUT2D eigenvalue weighted by Gasteiger charge is 2.24. The van der Waals surface area contributed by atoms with Crippen LogP contribution in [0.25, 0.3) is 21.8 Å². The van der Waals surface area contributed by atoms with Crippen LogP contribution in [0.3, 0.4) is 0 Å². The number of fused-ring (bicyclic) bond motifs is 3. The number of carbonyl (C=O) groups is 1. The molecule has 1 unspecified atom stereocenters. The Morgan fingerprint density at radius 2 is 2.15 bits per heavy atom. The minimum Gasteiger partial charge on any atom is -0.444 e. The second-order valence-corrected chi connectivity index (χ2v) is 9.69. The van der Waals surface area contributed by atoms with Crippen molar-refractivity contribution < 1.29 is 14.3 Å². The molecule has 1 aliphatic heterocycles. The van der Waals surface area contributed by atoms with Gasteiger partial charge >= 0.3 is 6.09 Å². The maximum atomic E-state index is 13.6. The van der Waals surface area contributed by atoms with Gasteiger partial charge in [-0.1, -0.05) is 5.92 Å². The Hall–Kier alpha value is -3.31. The predicted molar refractivity (Wildman–Crippen MR) is 132 cm³/mol. The van der Waals surface area contributed by atoms with Crippen molar-refractivity contribution in [2.45, 2.75) is 71.8 Å². The second-order valence-electron chi connectivity index (χ2n) is 9.69. The van der Waals surface area contributed by atoms with Crippen LogP contribution in [0.4, 0.5) is 4.79 Å². The molecule has 0 bridgehead atoms. The number of benzene rings is 1. The van der Waals surface area contributed by atoms with E-state index in [0.29, 0.717) is 37.0 Å². The van der Waals surface area contributed by atoms with Gasteiger partial charge in [0.25, 0.3) is 5.56 Å². The lowest BCUT2D eigenvalue weighted by atomic mass is 10.1. The molecular weight excluding hydrogens is 432 g/mol. The average Bonchev–Trinajstić information content (AvgIpc) is 3.15. The summed E-state index contributed by atoms with van der Waals surface area (Å²) in [4.78, 5) is 25.6. The highest BCUT2D eigenvalue weighted by molar-refractivity contribution is 6.04. The molecule has 1 fully saturated rings. The fourth-order valence-electron chi connectivity index (χ4n) is 4.42. The minimum absolute atomic E-state index is 0.104. The zero-order chi connectivity index (χ0) is 24.5. The van der Waals surface area contributed by atoms with Crippen LogP contribution in [0.5, 0.6) is 0 Å². The smallest absolute Gasteiger partial charge is 0.407 e. The Balaban J connectivity index is 1.70. The van der Waals surface area contributed by atoms with Gasteiger partial charge in [0.2, 0.25) is 0 Å². The lowest BCUT2D eigenvalue weighted by molar-refractivity contribution is -0.0402. The van der Waals surface area contributed by atoms with Gasteiger partial charge in [-0.2, -0.15) is 5.10 Å². The molecule has 0 spiro atoms. The first-order chi connectivity index (χ1) is 16.2. The van der Waals surface area contributed by atoms with E-state index in [-0.39, 0.29) is 11.8 Å². The number of hydrogen-bond donors (Lipinski definition) is 1. The van der Waals surface area contributed by atoms with Crippen molar-refractivity contribution in [1.29, 1.82) is 0 Å². The lowest BCUT2D eigenvalue weighted by Crippen LogP contribution is -2.33. The molecule has 3 aromatic rings. The third-order valence-electron chi connectivity index (χ3n) is 5.97. The van der Waals surface area contributed by atoms with Crippen LogP contribution < -0.4 is 10.9 Å². The fraction of sp³-hybridized carbons (Fsp3) is 0.500. The van der Waals surface area contributed by atoms with Gasteiger partial charge in [0.05, 0.1) is 16.6 Å². The zero-order valence-electron chi connectivity index (χ0n) is 20.3. The number of nitrogens with one attached hydrogen (secondary N) is 1. The summed E-state index contributed by atoms with van der Waals surface area (Å²) in [6.45, 7) is 8.88. The second kappa shape index (κ2) is 9.51. The summed E-state index contributed by atoms with van der Waals surface area (Å²) in [5.74, 6) is 2.68. The molecule has 34 heavy (non-hydrogen) atoms. The van der Waals surface area contributed by atoms with Crippen LogP contribution in [0.15, 0.2) is 23.0 Å². The SMILES string of the molecule is C#Cc1ccc2c(c1)c1nn(C3CCCCO3)c(C)c1c(=O)n2CCCNC(=O)OC(C)(C)C. The Labute approximate surface area is 199 Å². The van der Waals surface area contributed by atoms with Crippen molar-refractivity contribution >= 4 is 27.9 Å². The molecule has 8 heteroatoms. The highest BCUT2D eigenvalue weighted by Crippen LogP contribution is 2.30. The first-order valence-corrected chi connectivity index (χ1v) is 11.8. The molecule has 1 amide bonds. The lowest BCUT2D eigenvalue weighted by Gasteiger charge is -2.23. The monoisotopic (exact) mass is 464 g/mol. The van der Waals surface area contributed by atoms with E-state index in [9.17, 15) is 9.59 Å². The molecular formula is C26H32N4O4. The first-order valence-electron chi connectivity index (χ1n) is 11.8. The molecule has 8 nitrogen and oxygen atoms in total. The standard InChI is InChI=1S/C26H32N4O4/c1-6-18-11-12-20-19(16-18)23-22(17(2)30(28-23)21-10-7-8-15-33-21)24(31)29(20)14-9-13-27-25(32)34-26(3,4)5/h1,11-12,16,21H,7-10,13-15H2,2-5H3,(H,27,32). The summed E-state index contributed by atoms with van der Waals surface area (Å²) < 4.78 is 14.8. The number of terminal acetylenes is 1. The minimum atomic E-state index is -0.559. The third-order valence-corrected chi connectivity index (χ3v) is 5.97. The van der Waals surface area contributed by atoms with Gasteiger partial charge in [-0.25, -0.2) is 9.48 Å². The Morgan fingerprint density at radius 3 is 2.82 bits per heavy atom. The van der Waals surface area contributed by atoms with Gasteiger partial charge in [0, 0.05) is 30.6 Å². The highest BCUT2D eigenvalue weighted by atomic mass is 16.6. The van der Waals surface area contributed by atoms with Crippen molar-refractivity contribution in [2.75, 3.05) is 13.2 Å². The number of ether oxygens (including phenoxy) is 2. The zero-order valence-corrected chi connectivity index (χ0v) is 20.3. The number of amides is 1. The maximum absolute atomic E-state index is 13.6. The summed E-state index contributed by atoms with van der Waals surface area (Å²) in [6.07, 6.45) is 8.56. The first kappa shape index (κ1) is 23.8. The van der Waals surface area contributed by atoms with E-state index in [1.807, 2.05) is 50.6 Å². The molecule has 3 heterocycles. The number of aryl methyl sites for hydroxylation is 2. The van der Waals surface area contributed by atoms with E-state index in [1.54, 1.807) is 4.57 Å². The Kier molecular flexibility index (Phi) is 6.67. The summed E-state index contributed by atoms with van der Waals surface area (Å²) in [5.41, 5.74) is 2.27. The summed E-state index contributed by atoms with van der Waals surface area (Å²) in [5, 5.41) is 9.00. The molecule has 1 atom stereocenters. The topological polar surface area (TPSA) is 87.4 Å². The predicted octanol–water partition coefficient (Wildman–Crippen LogP) is 4.25. The van der Waals surface area contributed by atoms with Crippen LogP contribution >= 0.6 is 0 Å². The number of alkyl carbamates (subject to hydrolysis) is 1. The fourth-order valence-corrected chi connectivity index (χ4v) is 4.42.